The van der Waals surface area contributed by atoms with Crippen LogP contribution in [0.1, 0.15) is 25.7 Å². The first-order chi connectivity index (χ1) is 15.7. The van der Waals surface area contributed by atoms with E-state index in [9.17, 15) is 4.79 Å². The lowest BCUT2D eigenvalue weighted by Crippen LogP contribution is -2.34. The second kappa shape index (κ2) is 7.63. The van der Waals surface area contributed by atoms with Crippen LogP contribution in [-0.2, 0) is 4.79 Å². The normalized spacial score (nSPS) is 17.1. The summed E-state index contributed by atoms with van der Waals surface area (Å²) in [6.07, 6.45) is 3.97. The first-order valence-corrected chi connectivity index (χ1v) is 11.3. The highest BCUT2D eigenvalue weighted by Crippen LogP contribution is 2.47. The Hall–Kier alpha value is -3.40. The highest BCUT2D eigenvalue weighted by atomic mass is 32.2. The van der Waals surface area contributed by atoms with E-state index < -0.39 is 5.79 Å². The molecule has 3 aliphatic rings. The van der Waals surface area contributed by atoms with Gasteiger partial charge in [-0.3, -0.25) is 4.79 Å². The van der Waals surface area contributed by atoms with Crippen molar-refractivity contribution in [2.75, 3.05) is 17.9 Å². The molecule has 1 N–H and O–H groups in total. The minimum Gasteiger partial charge on any atom is -0.454 e. The van der Waals surface area contributed by atoms with E-state index in [0.29, 0.717) is 34.0 Å². The van der Waals surface area contributed by atoms with Gasteiger partial charge in [0.05, 0.1) is 5.75 Å². The highest BCUT2D eigenvalue weighted by Gasteiger charge is 2.44. The van der Waals surface area contributed by atoms with Crippen molar-refractivity contribution in [2.24, 2.45) is 0 Å². The Morgan fingerprint density at radius 2 is 1.78 bits per heavy atom. The number of amides is 1. The lowest BCUT2D eigenvalue weighted by atomic mass is 10.2. The second-order valence-electron chi connectivity index (χ2n) is 7.76. The maximum atomic E-state index is 12.4. The van der Waals surface area contributed by atoms with Crippen molar-refractivity contribution in [1.29, 1.82) is 0 Å². The Balaban J connectivity index is 1.06. The van der Waals surface area contributed by atoms with Crippen molar-refractivity contribution in [3.8, 4) is 34.5 Å². The third-order valence-electron chi connectivity index (χ3n) is 5.54. The monoisotopic (exact) mass is 453 g/mol. The molecule has 1 saturated carbocycles. The average molecular weight is 453 g/mol. The fourth-order valence-electron chi connectivity index (χ4n) is 4.03. The molecule has 0 bridgehead atoms. The number of anilines is 1. The number of hydrogen-bond donors (Lipinski definition) is 1. The number of fused-ring (bicyclic) bond motifs is 2. The van der Waals surface area contributed by atoms with Gasteiger partial charge in [0.25, 0.3) is 11.0 Å². The van der Waals surface area contributed by atoms with Gasteiger partial charge in [-0.1, -0.05) is 11.8 Å². The largest absolute Gasteiger partial charge is 0.454 e. The lowest BCUT2D eigenvalue weighted by molar-refractivity contribution is -0.113. The van der Waals surface area contributed by atoms with Crippen LogP contribution >= 0.6 is 11.8 Å². The number of carbonyl (C=O) groups excluding carboxylic acids is 1. The summed E-state index contributed by atoms with van der Waals surface area (Å²) >= 11 is 1.17. The fraction of sp³-hybridized carbons (Fsp3) is 0.318. The summed E-state index contributed by atoms with van der Waals surface area (Å²) in [4.78, 5) is 12.4. The number of nitrogens with zero attached hydrogens (tertiary/aromatic N) is 2. The van der Waals surface area contributed by atoms with E-state index in [1.165, 1.54) is 11.8 Å². The summed E-state index contributed by atoms with van der Waals surface area (Å²) in [5.41, 5.74) is 1.37. The minimum atomic E-state index is -0.519. The van der Waals surface area contributed by atoms with Crippen LogP contribution in [0.2, 0.25) is 0 Å². The van der Waals surface area contributed by atoms with Crippen molar-refractivity contribution >= 4 is 23.4 Å². The highest BCUT2D eigenvalue weighted by molar-refractivity contribution is 7.99. The number of rotatable bonds is 5. The van der Waals surface area contributed by atoms with E-state index in [0.717, 1.165) is 37.0 Å². The Labute approximate surface area is 187 Å². The molecule has 10 heteroatoms. The molecule has 1 spiro atoms. The molecule has 3 aromatic rings. The van der Waals surface area contributed by atoms with Crippen LogP contribution in [0.3, 0.4) is 0 Å². The zero-order valence-corrected chi connectivity index (χ0v) is 17.8. The van der Waals surface area contributed by atoms with Gasteiger partial charge < -0.3 is 28.7 Å². The SMILES string of the molecule is O=C(CSc1nnc(-c2ccc3c(c2)OCO3)o1)Nc1ccc2c(c1)OC1(CCCC1)O2. The maximum Gasteiger partial charge on any atom is 0.277 e. The van der Waals surface area contributed by atoms with Gasteiger partial charge in [0.2, 0.25) is 18.6 Å². The van der Waals surface area contributed by atoms with Crippen LogP contribution in [0.15, 0.2) is 46.0 Å². The quantitative estimate of drug-likeness (QED) is 0.568. The number of benzene rings is 2. The van der Waals surface area contributed by atoms with Gasteiger partial charge in [-0.25, -0.2) is 0 Å². The molecular formula is C22H19N3O6S. The predicted octanol–water partition coefficient (Wildman–Crippen LogP) is 4.24. The molecule has 164 valence electrons. The summed E-state index contributed by atoms with van der Waals surface area (Å²) in [5, 5.41) is 11.2. The Kier molecular flexibility index (Phi) is 4.60. The number of nitrogens with one attached hydrogen (secondary N) is 1. The van der Waals surface area contributed by atoms with Crippen LogP contribution in [0, 0.1) is 0 Å². The third kappa shape index (κ3) is 3.60. The molecule has 0 atom stereocenters. The molecular weight excluding hydrogens is 434 g/mol. The van der Waals surface area contributed by atoms with Crippen LogP contribution < -0.4 is 24.3 Å². The van der Waals surface area contributed by atoms with Crippen LogP contribution in [-0.4, -0.2) is 34.4 Å². The molecule has 32 heavy (non-hydrogen) atoms. The Morgan fingerprint density at radius 1 is 0.969 bits per heavy atom. The van der Waals surface area contributed by atoms with Crippen LogP contribution in [0.5, 0.6) is 23.0 Å². The van der Waals surface area contributed by atoms with Gasteiger partial charge in [0.15, 0.2) is 23.0 Å². The molecule has 2 aromatic carbocycles. The zero-order chi connectivity index (χ0) is 21.5. The number of carbonyl (C=O) groups is 1. The molecule has 1 aliphatic carbocycles. The van der Waals surface area contributed by atoms with E-state index >= 15 is 0 Å². The minimum absolute atomic E-state index is 0.126. The van der Waals surface area contributed by atoms with Crippen molar-refractivity contribution in [2.45, 2.75) is 36.7 Å². The number of ether oxygens (including phenoxy) is 4. The second-order valence-corrected chi connectivity index (χ2v) is 8.69. The summed E-state index contributed by atoms with van der Waals surface area (Å²) in [5.74, 6) is 2.48. The molecule has 0 unspecified atom stereocenters. The van der Waals surface area contributed by atoms with Crippen LogP contribution in [0.25, 0.3) is 11.5 Å². The van der Waals surface area contributed by atoms with E-state index in [1.54, 1.807) is 18.2 Å². The molecule has 1 fully saturated rings. The molecule has 0 radical (unpaired) electrons. The van der Waals surface area contributed by atoms with Gasteiger partial charge in [-0.05, 0) is 43.2 Å². The van der Waals surface area contributed by atoms with Gasteiger partial charge in [-0.15, -0.1) is 10.2 Å². The Morgan fingerprint density at radius 3 is 2.69 bits per heavy atom. The molecule has 1 amide bonds. The smallest absolute Gasteiger partial charge is 0.277 e. The summed E-state index contributed by atoms with van der Waals surface area (Å²) in [6.45, 7) is 0.197. The summed E-state index contributed by atoms with van der Waals surface area (Å²) < 4.78 is 28.4. The fourth-order valence-corrected chi connectivity index (χ4v) is 4.59. The van der Waals surface area contributed by atoms with Gasteiger partial charge >= 0.3 is 0 Å². The molecule has 2 aliphatic heterocycles. The Bertz CT molecular complexity index is 1190. The van der Waals surface area contributed by atoms with E-state index in [-0.39, 0.29) is 18.5 Å². The van der Waals surface area contributed by atoms with Crippen LogP contribution in [0.4, 0.5) is 5.69 Å². The standard InChI is InChI=1S/C22H19N3O6S/c26-19(23-14-4-6-16-18(10-14)31-22(30-16)7-1-2-8-22)11-32-21-25-24-20(29-21)13-3-5-15-17(9-13)28-12-27-15/h3-6,9-10H,1-2,7-8,11-12H2,(H,23,26). The van der Waals surface area contributed by atoms with Gasteiger partial charge in [0, 0.05) is 30.2 Å². The summed E-state index contributed by atoms with van der Waals surface area (Å²) in [7, 11) is 0. The maximum absolute atomic E-state index is 12.4. The summed E-state index contributed by atoms with van der Waals surface area (Å²) in [6, 6.07) is 10.8. The van der Waals surface area contributed by atoms with E-state index in [2.05, 4.69) is 15.5 Å². The first kappa shape index (κ1) is 19.3. The molecule has 3 heterocycles. The average Bonchev–Trinajstić information content (AvgIpc) is 3.58. The number of aromatic nitrogens is 2. The molecule has 1 aromatic heterocycles. The lowest BCUT2D eigenvalue weighted by Gasteiger charge is -2.21. The van der Waals surface area contributed by atoms with Crippen molar-refractivity contribution in [3.63, 3.8) is 0 Å². The molecule has 9 nitrogen and oxygen atoms in total. The number of thioether (sulfide) groups is 1. The zero-order valence-electron chi connectivity index (χ0n) is 17.0. The molecule has 0 saturated heterocycles. The first-order valence-electron chi connectivity index (χ1n) is 10.3. The predicted molar refractivity (Wildman–Crippen MR) is 114 cm³/mol. The van der Waals surface area contributed by atoms with E-state index in [4.69, 9.17) is 23.4 Å². The van der Waals surface area contributed by atoms with E-state index in [1.807, 2.05) is 18.2 Å². The topological polar surface area (TPSA) is 105 Å². The van der Waals surface area contributed by atoms with Crippen molar-refractivity contribution in [1.82, 2.24) is 10.2 Å². The van der Waals surface area contributed by atoms with Crippen molar-refractivity contribution < 1.29 is 28.2 Å². The van der Waals surface area contributed by atoms with Gasteiger partial charge in [0.1, 0.15) is 0 Å². The van der Waals surface area contributed by atoms with Crippen molar-refractivity contribution in [3.05, 3.63) is 36.4 Å². The third-order valence-corrected chi connectivity index (χ3v) is 6.36. The molecule has 6 rings (SSSR count). The number of hydrogen-bond acceptors (Lipinski definition) is 9. The van der Waals surface area contributed by atoms with Gasteiger partial charge in [-0.2, -0.15) is 0 Å².